The molecule has 1 aromatic carbocycles. The summed E-state index contributed by atoms with van der Waals surface area (Å²) >= 11 is 5.37. The van der Waals surface area contributed by atoms with Crippen molar-refractivity contribution in [3.05, 3.63) is 50.1 Å². The maximum atomic E-state index is 5.97. The van der Waals surface area contributed by atoms with Gasteiger partial charge in [-0.3, -0.25) is 0 Å². The lowest BCUT2D eigenvalue weighted by atomic mass is 10.1. The van der Waals surface area contributed by atoms with Crippen molar-refractivity contribution in [3.63, 3.8) is 0 Å². The summed E-state index contributed by atoms with van der Waals surface area (Å²) in [6, 6.07) is 11.0. The maximum absolute atomic E-state index is 5.97. The second-order valence-electron chi connectivity index (χ2n) is 5.27. The van der Waals surface area contributed by atoms with E-state index in [0.29, 0.717) is 6.04 Å². The van der Waals surface area contributed by atoms with Gasteiger partial charge in [-0.15, -0.1) is 11.3 Å². The lowest BCUT2D eigenvalue weighted by molar-refractivity contribution is 0.223. The molecule has 0 saturated carbocycles. The van der Waals surface area contributed by atoms with Crippen LogP contribution in [0.5, 0.6) is 5.75 Å². The number of hydrogen-bond acceptors (Lipinski definition) is 3. The quantitative estimate of drug-likeness (QED) is 0.876. The zero-order valence-corrected chi connectivity index (χ0v) is 14.1. The van der Waals surface area contributed by atoms with Gasteiger partial charge in [0.1, 0.15) is 11.9 Å². The minimum Gasteiger partial charge on any atom is -0.488 e. The topological polar surface area (TPSA) is 21.3 Å². The average Bonchev–Trinajstić information content (AvgIpc) is 3.01. The molecule has 0 amide bonds. The molecule has 2 heterocycles. The molecule has 1 aromatic heterocycles. The van der Waals surface area contributed by atoms with E-state index >= 15 is 0 Å². The standard InChI is InChI=1S/C16H18BrNOS/c1-10-3-6-16(20-10)11(2)18-9-14-8-12-7-13(17)4-5-15(12)19-14/h3-7,11,14,18H,8-9H2,1-2H3. The Kier molecular flexibility index (Phi) is 4.15. The molecule has 0 fully saturated rings. The van der Waals surface area contributed by atoms with E-state index in [0.717, 1.165) is 23.2 Å². The molecule has 4 heteroatoms. The summed E-state index contributed by atoms with van der Waals surface area (Å²) in [4.78, 5) is 2.75. The van der Waals surface area contributed by atoms with E-state index in [1.807, 2.05) is 23.5 Å². The van der Waals surface area contributed by atoms with Crippen LogP contribution in [0.3, 0.4) is 0 Å². The lowest BCUT2D eigenvalue weighted by Crippen LogP contribution is -2.31. The fraction of sp³-hybridized carbons (Fsp3) is 0.375. The van der Waals surface area contributed by atoms with Crippen LogP contribution in [0.4, 0.5) is 0 Å². The smallest absolute Gasteiger partial charge is 0.123 e. The minimum absolute atomic E-state index is 0.239. The number of ether oxygens (including phenoxy) is 1. The van der Waals surface area contributed by atoms with Crippen LogP contribution in [0, 0.1) is 6.92 Å². The summed E-state index contributed by atoms with van der Waals surface area (Å²) in [5.74, 6) is 1.03. The van der Waals surface area contributed by atoms with Crippen LogP contribution < -0.4 is 10.1 Å². The van der Waals surface area contributed by atoms with Crippen molar-refractivity contribution < 1.29 is 4.74 Å². The Hall–Kier alpha value is -0.840. The first-order valence-corrected chi connectivity index (χ1v) is 8.47. The van der Waals surface area contributed by atoms with Crippen molar-refractivity contribution in [1.29, 1.82) is 0 Å². The van der Waals surface area contributed by atoms with Gasteiger partial charge in [0, 0.05) is 33.2 Å². The van der Waals surface area contributed by atoms with E-state index in [1.54, 1.807) is 0 Å². The number of fused-ring (bicyclic) bond motifs is 1. The van der Waals surface area contributed by atoms with Gasteiger partial charge in [0.2, 0.25) is 0 Å². The van der Waals surface area contributed by atoms with Gasteiger partial charge in [-0.05, 0) is 49.7 Å². The summed E-state index contributed by atoms with van der Waals surface area (Å²) in [5.41, 5.74) is 1.30. The molecular weight excluding hydrogens is 334 g/mol. The summed E-state index contributed by atoms with van der Waals surface area (Å²) in [7, 11) is 0. The van der Waals surface area contributed by atoms with Crippen molar-refractivity contribution in [3.8, 4) is 5.75 Å². The van der Waals surface area contributed by atoms with Crippen LogP contribution in [0.15, 0.2) is 34.8 Å². The van der Waals surface area contributed by atoms with Crippen LogP contribution in [0.2, 0.25) is 0 Å². The predicted octanol–water partition coefficient (Wildman–Crippen LogP) is 4.47. The number of halogens is 1. The Morgan fingerprint density at radius 3 is 3.00 bits per heavy atom. The number of hydrogen-bond donors (Lipinski definition) is 1. The van der Waals surface area contributed by atoms with E-state index in [2.05, 4.69) is 53.3 Å². The number of thiophene rings is 1. The largest absolute Gasteiger partial charge is 0.488 e. The Morgan fingerprint density at radius 1 is 1.40 bits per heavy atom. The van der Waals surface area contributed by atoms with E-state index in [-0.39, 0.29) is 6.10 Å². The highest BCUT2D eigenvalue weighted by atomic mass is 79.9. The minimum atomic E-state index is 0.239. The number of rotatable bonds is 4. The number of aryl methyl sites for hydroxylation is 1. The molecule has 0 spiro atoms. The van der Waals surface area contributed by atoms with E-state index in [4.69, 9.17) is 4.74 Å². The molecule has 3 rings (SSSR count). The molecule has 20 heavy (non-hydrogen) atoms. The van der Waals surface area contributed by atoms with E-state index < -0.39 is 0 Å². The van der Waals surface area contributed by atoms with Gasteiger partial charge in [0.05, 0.1) is 0 Å². The molecular formula is C16H18BrNOS. The Morgan fingerprint density at radius 2 is 2.25 bits per heavy atom. The van der Waals surface area contributed by atoms with Gasteiger partial charge < -0.3 is 10.1 Å². The van der Waals surface area contributed by atoms with Crippen LogP contribution in [0.25, 0.3) is 0 Å². The van der Waals surface area contributed by atoms with E-state index in [9.17, 15) is 0 Å². The van der Waals surface area contributed by atoms with Crippen LogP contribution in [0.1, 0.15) is 28.3 Å². The van der Waals surface area contributed by atoms with Crippen molar-refractivity contribution in [2.45, 2.75) is 32.4 Å². The Labute approximate surface area is 132 Å². The summed E-state index contributed by atoms with van der Waals surface area (Å²) in [5, 5.41) is 3.58. The second-order valence-corrected chi connectivity index (χ2v) is 7.51. The molecule has 1 aliphatic heterocycles. The molecule has 0 saturated heterocycles. The normalized spacial score (nSPS) is 18.6. The third-order valence-electron chi connectivity index (χ3n) is 3.60. The van der Waals surface area contributed by atoms with Crippen molar-refractivity contribution in [1.82, 2.24) is 5.32 Å². The molecule has 2 atom stereocenters. The molecule has 2 aromatic rings. The van der Waals surface area contributed by atoms with Crippen molar-refractivity contribution >= 4 is 27.3 Å². The Bertz CT molecular complexity index is 610. The molecule has 2 nitrogen and oxygen atoms in total. The monoisotopic (exact) mass is 351 g/mol. The highest BCUT2D eigenvalue weighted by Gasteiger charge is 2.23. The zero-order chi connectivity index (χ0) is 14.1. The van der Waals surface area contributed by atoms with Crippen molar-refractivity contribution in [2.75, 3.05) is 6.54 Å². The van der Waals surface area contributed by atoms with Crippen LogP contribution in [-0.4, -0.2) is 12.6 Å². The Balaban J connectivity index is 1.56. The summed E-state index contributed by atoms with van der Waals surface area (Å²) in [6.07, 6.45) is 1.22. The van der Waals surface area contributed by atoms with Gasteiger partial charge in [0.15, 0.2) is 0 Å². The predicted molar refractivity (Wildman–Crippen MR) is 87.7 cm³/mol. The SMILES string of the molecule is Cc1ccc(C(C)NCC2Cc3cc(Br)ccc3O2)s1. The highest BCUT2D eigenvalue weighted by molar-refractivity contribution is 9.10. The first-order valence-electron chi connectivity index (χ1n) is 6.86. The molecule has 0 aliphatic carbocycles. The molecule has 0 radical (unpaired) electrons. The summed E-state index contributed by atoms with van der Waals surface area (Å²) in [6.45, 7) is 5.24. The first kappa shape index (κ1) is 14.1. The first-order chi connectivity index (χ1) is 9.61. The molecule has 2 unspecified atom stereocenters. The molecule has 106 valence electrons. The number of nitrogens with one attached hydrogen (secondary N) is 1. The lowest BCUT2D eigenvalue weighted by Gasteiger charge is -2.16. The van der Waals surface area contributed by atoms with Gasteiger partial charge in [0.25, 0.3) is 0 Å². The third-order valence-corrected chi connectivity index (χ3v) is 5.28. The van der Waals surface area contributed by atoms with Crippen molar-refractivity contribution in [2.24, 2.45) is 0 Å². The van der Waals surface area contributed by atoms with Gasteiger partial charge in [-0.2, -0.15) is 0 Å². The second kappa shape index (κ2) is 5.88. The third kappa shape index (κ3) is 3.08. The molecule has 0 bridgehead atoms. The maximum Gasteiger partial charge on any atom is 0.123 e. The fourth-order valence-electron chi connectivity index (χ4n) is 2.50. The fourth-order valence-corrected chi connectivity index (χ4v) is 3.81. The zero-order valence-electron chi connectivity index (χ0n) is 11.7. The highest BCUT2D eigenvalue weighted by Crippen LogP contribution is 2.31. The number of benzene rings is 1. The average molecular weight is 352 g/mol. The summed E-state index contributed by atoms with van der Waals surface area (Å²) < 4.78 is 7.09. The van der Waals surface area contributed by atoms with Crippen LogP contribution in [-0.2, 0) is 6.42 Å². The van der Waals surface area contributed by atoms with Gasteiger partial charge >= 0.3 is 0 Å². The molecule has 1 aliphatic rings. The van der Waals surface area contributed by atoms with E-state index in [1.165, 1.54) is 15.3 Å². The van der Waals surface area contributed by atoms with Gasteiger partial charge in [-0.25, -0.2) is 0 Å². The van der Waals surface area contributed by atoms with Crippen LogP contribution >= 0.6 is 27.3 Å². The van der Waals surface area contributed by atoms with Gasteiger partial charge in [-0.1, -0.05) is 15.9 Å². The molecule has 1 N–H and O–H groups in total.